The van der Waals surface area contributed by atoms with Crippen LogP contribution in [0.4, 0.5) is 0 Å². The average Bonchev–Trinajstić information content (AvgIpc) is 2.64. The Morgan fingerprint density at radius 2 is 1.79 bits per heavy atom. The Bertz CT molecular complexity index is 404. The van der Waals surface area contributed by atoms with Crippen molar-refractivity contribution in [1.82, 2.24) is 0 Å². The standard InChI is InChI=1S/C16H26O3/c1-5-7-8-9-10-11-14-12(3)15(13(4)19-14)16(17)18-6-2/h5-11H2,1-4H3. The fourth-order valence-electron chi connectivity index (χ4n) is 2.34. The van der Waals surface area contributed by atoms with Crippen molar-refractivity contribution >= 4 is 5.97 Å². The third kappa shape index (κ3) is 4.41. The summed E-state index contributed by atoms with van der Waals surface area (Å²) in [5.74, 6) is 1.36. The lowest BCUT2D eigenvalue weighted by Gasteiger charge is -2.01. The van der Waals surface area contributed by atoms with E-state index in [-0.39, 0.29) is 5.97 Å². The Balaban J connectivity index is 2.61. The predicted octanol–water partition coefficient (Wildman–Crippen LogP) is 4.59. The molecule has 0 radical (unpaired) electrons. The first kappa shape index (κ1) is 15.8. The van der Waals surface area contributed by atoms with Crippen molar-refractivity contribution in [1.29, 1.82) is 0 Å². The molecule has 0 saturated heterocycles. The molecule has 3 heteroatoms. The minimum atomic E-state index is -0.265. The molecule has 1 heterocycles. The van der Waals surface area contributed by atoms with Crippen molar-refractivity contribution < 1.29 is 13.9 Å². The van der Waals surface area contributed by atoms with Crippen molar-refractivity contribution in [2.45, 2.75) is 66.2 Å². The quantitative estimate of drug-likeness (QED) is 0.510. The van der Waals surface area contributed by atoms with Gasteiger partial charge in [0.1, 0.15) is 17.1 Å². The number of unbranched alkanes of at least 4 members (excludes halogenated alkanes) is 4. The molecule has 0 bridgehead atoms. The molecule has 0 amide bonds. The lowest BCUT2D eigenvalue weighted by atomic mass is 10.1. The predicted molar refractivity (Wildman–Crippen MR) is 76.6 cm³/mol. The number of carbonyl (C=O) groups is 1. The monoisotopic (exact) mass is 266 g/mol. The number of furan rings is 1. The summed E-state index contributed by atoms with van der Waals surface area (Å²) in [5, 5.41) is 0. The number of ether oxygens (including phenoxy) is 1. The molecular weight excluding hydrogens is 240 g/mol. The van der Waals surface area contributed by atoms with Crippen LogP contribution in [-0.4, -0.2) is 12.6 Å². The van der Waals surface area contributed by atoms with Gasteiger partial charge in [0, 0.05) is 12.0 Å². The van der Waals surface area contributed by atoms with Crippen LogP contribution in [0, 0.1) is 13.8 Å². The number of hydrogen-bond acceptors (Lipinski definition) is 3. The molecule has 108 valence electrons. The first-order chi connectivity index (χ1) is 9.11. The van der Waals surface area contributed by atoms with Gasteiger partial charge in [-0.1, -0.05) is 32.6 Å². The molecule has 0 aliphatic carbocycles. The second kappa shape index (κ2) is 8.03. The molecule has 1 aromatic rings. The number of aryl methyl sites for hydroxylation is 2. The fraction of sp³-hybridized carbons (Fsp3) is 0.688. The highest BCUT2D eigenvalue weighted by molar-refractivity contribution is 5.92. The molecule has 0 atom stereocenters. The van der Waals surface area contributed by atoms with E-state index in [1.54, 1.807) is 0 Å². The summed E-state index contributed by atoms with van der Waals surface area (Å²) in [7, 11) is 0. The Morgan fingerprint density at radius 1 is 1.11 bits per heavy atom. The Morgan fingerprint density at radius 3 is 2.42 bits per heavy atom. The van der Waals surface area contributed by atoms with Gasteiger partial charge in [-0.15, -0.1) is 0 Å². The molecule has 1 aromatic heterocycles. The fourth-order valence-corrected chi connectivity index (χ4v) is 2.34. The van der Waals surface area contributed by atoms with Crippen LogP contribution >= 0.6 is 0 Å². The molecule has 0 aliphatic heterocycles. The molecule has 0 unspecified atom stereocenters. The normalized spacial score (nSPS) is 10.7. The summed E-state index contributed by atoms with van der Waals surface area (Å²) in [6, 6.07) is 0. The number of rotatable bonds is 8. The largest absolute Gasteiger partial charge is 0.465 e. The second-order valence-corrected chi connectivity index (χ2v) is 4.97. The van der Waals surface area contributed by atoms with Crippen LogP contribution < -0.4 is 0 Å². The number of esters is 1. The van der Waals surface area contributed by atoms with E-state index in [1.165, 1.54) is 25.7 Å². The van der Waals surface area contributed by atoms with E-state index in [4.69, 9.17) is 9.15 Å². The molecule has 0 aromatic carbocycles. The van der Waals surface area contributed by atoms with Gasteiger partial charge in [-0.2, -0.15) is 0 Å². The van der Waals surface area contributed by atoms with E-state index >= 15 is 0 Å². The molecule has 0 aliphatic rings. The highest BCUT2D eigenvalue weighted by Crippen LogP contribution is 2.24. The number of carbonyl (C=O) groups excluding carboxylic acids is 1. The van der Waals surface area contributed by atoms with Crippen LogP contribution in [-0.2, 0) is 11.2 Å². The zero-order chi connectivity index (χ0) is 14.3. The Hall–Kier alpha value is -1.25. The lowest BCUT2D eigenvalue weighted by Crippen LogP contribution is -2.06. The maximum absolute atomic E-state index is 11.8. The summed E-state index contributed by atoms with van der Waals surface area (Å²) >= 11 is 0. The van der Waals surface area contributed by atoms with Crippen LogP contribution in [0.1, 0.15) is 73.4 Å². The summed E-state index contributed by atoms with van der Waals surface area (Å²) in [5.41, 5.74) is 1.57. The first-order valence-electron chi connectivity index (χ1n) is 7.37. The van der Waals surface area contributed by atoms with Crippen molar-refractivity contribution in [3.05, 3.63) is 22.6 Å². The van der Waals surface area contributed by atoms with Crippen molar-refractivity contribution in [2.75, 3.05) is 6.61 Å². The highest BCUT2D eigenvalue weighted by Gasteiger charge is 2.20. The SMILES string of the molecule is CCCCCCCc1oc(C)c(C(=O)OCC)c1C. The van der Waals surface area contributed by atoms with Gasteiger partial charge in [-0.25, -0.2) is 4.79 Å². The van der Waals surface area contributed by atoms with E-state index in [0.717, 1.165) is 24.2 Å². The molecule has 0 spiro atoms. The van der Waals surface area contributed by atoms with E-state index in [0.29, 0.717) is 17.9 Å². The van der Waals surface area contributed by atoms with Crippen LogP contribution in [0.25, 0.3) is 0 Å². The van der Waals surface area contributed by atoms with E-state index in [9.17, 15) is 4.79 Å². The van der Waals surface area contributed by atoms with E-state index < -0.39 is 0 Å². The maximum atomic E-state index is 11.8. The van der Waals surface area contributed by atoms with Crippen LogP contribution in [0.3, 0.4) is 0 Å². The highest BCUT2D eigenvalue weighted by atomic mass is 16.5. The molecule has 0 fully saturated rings. The van der Waals surface area contributed by atoms with Gasteiger partial charge in [-0.3, -0.25) is 0 Å². The molecule has 1 rings (SSSR count). The second-order valence-electron chi connectivity index (χ2n) is 4.97. The van der Waals surface area contributed by atoms with Crippen LogP contribution in [0.5, 0.6) is 0 Å². The zero-order valence-electron chi connectivity index (χ0n) is 12.7. The first-order valence-corrected chi connectivity index (χ1v) is 7.37. The molecule has 3 nitrogen and oxygen atoms in total. The zero-order valence-corrected chi connectivity index (χ0v) is 12.7. The van der Waals surface area contributed by atoms with Crippen LogP contribution in [0.2, 0.25) is 0 Å². The minimum Gasteiger partial charge on any atom is -0.465 e. The third-order valence-electron chi connectivity index (χ3n) is 3.41. The van der Waals surface area contributed by atoms with Gasteiger partial charge >= 0.3 is 5.97 Å². The molecule has 0 N–H and O–H groups in total. The number of hydrogen-bond donors (Lipinski definition) is 0. The summed E-state index contributed by atoms with van der Waals surface area (Å²) in [4.78, 5) is 11.8. The van der Waals surface area contributed by atoms with Crippen LogP contribution in [0.15, 0.2) is 4.42 Å². The minimum absolute atomic E-state index is 0.265. The van der Waals surface area contributed by atoms with Gasteiger partial charge in [-0.05, 0) is 27.2 Å². The van der Waals surface area contributed by atoms with Crippen molar-refractivity contribution in [2.24, 2.45) is 0 Å². The topological polar surface area (TPSA) is 39.4 Å². The average molecular weight is 266 g/mol. The maximum Gasteiger partial charge on any atom is 0.341 e. The van der Waals surface area contributed by atoms with Gasteiger partial charge < -0.3 is 9.15 Å². The molecule has 0 saturated carbocycles. The lowest BCUT2D eigenvalue weighted by molar-refractivity contribution is 0.0523. The molecule has 19 heavy (non-hydrogen) atoms. The summed E-state index contributed by atoms with van der Waals surface area (Å²) < 4.78 is 10.8. The summed E-state index contributed by atoms with van der Waals surface area (Å²) in [6.07, 6.45) is 7.09. The van der Waals surface area contributed by atoms with Gasteiger partial charge in [0.2, 0.25) is 0 Å². The summed E-state index contributed by atoms with van der Waals surface area (Å²) in [6.45, 7) is 8.21. The smallest absolute Gasteiger partial charge is 0.341 e. The van der Waals surface area contributed by atoms with Gasteiger partial charge in [0.05, 0.1) is 6.61 Å². The Kier molecular flexibility index (Phi) is 6.68. The van der Waals surface area contributed by atoms with E-state index in [2.05, 4.69) is 6.92 Å². The van der Waals surface area contributed by atoms with Gasteiger partial charge in [0.15, 0.2) is 0 Å². The Labute approximate surface area is 116 Å². The third-order valence-corrected chi connectivity index (χ3v) is 3.41. The van der Waals surface area contributed by atoms with Gasteiger partial charge in [0.25, 0.3) is 0 Å². The van der Waals surface area contributed by atoms with Crippen molar-refractivity contribution in [3.8, 4) is 0 Å². The van der Waals surface area contributed by atoms with E-state index in [1.807, 2.05) is 20.8 Å². The molecular formula is C16H26O3. The van der Waals surface area contributed by atoms with Crippen molar-refractivity contribution in [3.63, 3.8) is 0 Å².